The number of ether oxygens (including phenoxy) is 1. The van der Waals surface area contributed by atoms with Gasteiger partial charge < -0.3 is 10.1 Å². The second kappa shape index (κ2) is 5.21. The molecule has 0 spiro atoms. The molecule has 2 rings (SSSR count). The van der Waals surface area contributed by atoms with E-state index in [0.717, 1.165) is 23.7 Å². The number of hydrogen-bond donors (Lipinski definition) is 1. The van der Waals surface area contributed by atoms with E-state index in [1.54, 1.807) is 0 Å². The Kier molecular flexibility index (Phi) is 3.67. The van der Waals surface area contributed by atoms with E-state index in [1.807, 2.05) is 25.1 Å². The van der Waals surface area contributed by atoms with Crippen LogP contribution in [0.25, 0.3) is 0 Å². The van der Waals surface area contributed by atoms with Crippen molar-refractivity contribution >= 4 is 11.7 Å². The van der Waals surface area contributed by atoms with Crippen LogP contribution in [0.4, 0.5) is 5.69 Å². The monoisotopic (exact) mass is 233 g/mol. The van der Waals surface area contributed by atoms with Crippen molar-refractivity contribution in [3.63, 3.8) is 0 Å². The predicted octanol–water partition coefficient (Wildman–Crippen LogP) is 2.99. The van der Waals surface area contributed by atoms with Crippen LogP contribution < -0.4 is 5.32 Å². The number of methoxy groups -OCH3 is 1. The summed E-state index contributed by atoms with van der Waals surface area (Å²) in [5.74, 6) is 0.549. The first-order chi connectivity index (χ1) is 8.20. The number of hydrogen-bond acceptors (Lipinski definition) is 3. The van der Waals surface area contributed by atoms with Crippen LogP contribution in [0, 0.1) is 12.8 Å². The van der Waals surface area contributed by atoms with Crippen molar-refractivity contribution in [2.45, 2.75) is 26.2 Å². The third-order valence-electron chi connectivity index (χ3n) is 3.45. The molecule has 1 N–H and O–H groups in total. The van der Waals surface area contributed by atoms with Crippen LogP contribution in [0.3, 0.4) is 0 Å². The summed E-state index contributed by atoms with van der Waals surface area (Å²) in [6.45, 7) is 3.05. The largest absolute Gasteiger partial charge is 0.465 e. The Balaban J connectivity index is 2.00. The van der Waals surface area contributed by atoms with Gasteiger partial charge in [0, 0.05) is 12.2 Å². The van der Waals surface area contributed by atoms with E-state index in [4.69, 9.17) is 4.74 Å². The van der Waals surface area contributed by atoms with Crippen LogP contribution >= 0.6 is 0 Å². The highest BCUT2D eigenvalue weighted by atomic mass is 16.5. The van der Waals surface area contributed by atoms with Crippen molar-refractivity contribution in [2.24, 2.45) is 5.92 Å². The molecule has 3 nitrogen and oxygen atoms in total. The van der Waals surface area contributed by atoms with Gasteiger partial charge in [-0.25, -0.2) is 4.79 Å². The lowest BCUT2D eigenvalue weighted by atomic mass is 9.85. The van der Waals surface area contributed by atoms with Gasteiger partial charge in [-0.05, 0) is 49.4 Å². The predicted molar refractivity (Wildman–Crippen MR) is 68.3 cm³/mol. The van der Waals surface area contributed by atoms with Crippen LogP contribution in [0.1, 0.15) is 35.2 Å². The minimum atomic E-state index is -0.279. The van der Waals surface area contributed by atoms with Gasteiger partial charge >= 0.3 is 5.97 Å². The van der Waals surface area contributed by atoms with Crippen molar-refractivity contribution in [1.29, 1.82) is 0 Å². The molecule has 3 heteroatoms. The summed E-state index contributed by atoms with van der Waals surface area (Å²) in [4.78, 5) is 11.4. The Hall–Kier alpha value is -1.51. The second-order valence-corrected chi connectivity index (χ2v) is 4.70. The fourth-order valence-electron chi connectivity index (χ4n) is 2.06. The Morgan fingerprint density at radius 2 is 2.24 bits per heavy atom. The van der Waals surface area contributed by atoms with Gasteiger partial charge in [-0.3, -0.25) is 0 Å². The van der Waals surface area contributed by atoms with Crippen LogP contribution in [0.15, 0.2) is 18.2 Å². The molecule has 0 unspecified atom stereocenters. The third kappa shape index (κ3) is 2.78. The van der Waals surface area contributed by atoms with Gasteiger partial charge in [0.25, 0.3) is 0 Å². The van der Waals surface area contributed by atoms with Crippen molar-refractivity contribution in [3.8, 4) is 0 Å². The number of carbonyl (C=O) groups is 1. The van der Waals surface area contributed by atoms with E-state index in [-0.39, 0.29) is 5.97 Å². The fraction of sp³-hybridized carbons (Fsp3) is 0.500. The molecular weight excluding hydrogens is 214 g/mol. The molecule has 0 atom stereocenters. The SMILES string of the molecule is COC(=O)c1ccc(NCC2CCC2)c(C)c1. The normalized spacial score (nSPS) is 15.2. The Morgan fingerprint density at radius 1 is 1.47 bits per heavy atom. The summed E-state index contributed by atoms with van der Waals surface area (Å²) in [6, 6.07) is 5.64. The Morgan fingerprint density at radius 3 is 2.76 bits per heavy atom. The average molecular weight is 233 g/mol. The molecule has 1 fully saturated rings. The first-order valence-electron chi connectivity index (χ1n) is 6.13. The van der Waals surface area contributed by atoms with Crippen molar-refractivity contribution in [3.05, 3.63) is 29.3 Å². The quantitative estimate of drug-likeness (QED) is 0.812. The Bertz CT molecular complexity index is 411. The zero-order chi connectivity index (χ0) is 12.3. The number of carbonyl (C=O) groups excluding carboxylic acids is 1. The minimum Gasteiger partial charge on any atom is -0.465 e. The number of esters is 1. The third-order valence-corrected chi connectivity index (χ3v) is 3.45. The van der Waals surface area contributed by atoms with Crippen LogP contribution in [0.5, 0.6) is 0 Å². The highest BCUT2D eigenvalue weighted by Gasteiger charge is 2.17. The summed E-state index contributed by atoms with van der Waals surface area (Å²) in [5, 5.41) is 3.45. The van der Waals surface area contributed by atoms with E-state index in [0.29, 0.717) is 5.56 Å². The van der Waals surface area contributed by atoms with Gasteiger partial charge in [-0.1, -0.05) is 6.42 Å². The highest BCUT2D eigenvalue weighted by molar-refractivity contribution is 5.90. The van der Waals surface area contributed by atoms with Crippen LogP contribution in [-0.2, 0) is 4.74 Å². The number of benzene rings is 1. The summed E-state index contributed by atoms with van der Waals surface area (Å²) < 4.78 is 4.70. The van der Waals surface area contributed by atoms with Crippen LogP contribution in [0.2, 0.25) is 0 Å². The van der Waals surface area contributed by atoms with Crippen molar-refractivity contribution in [1.82, 2.24) is 0 Å². The van der Waals surface area contributed by atoms with E-state index >= 15 is 0 Å². The fourth-order valence-corrected chi connectivity index (χ4v) is 2.06. The molecule has 0 bridgehead atoms. The first kappa shape index (κ1) is 12.0. The number of rotatable bonds is 4. The van der Waals surface area contributed by atoms with Crippen molar-refractivity contribution in [2.75, 3.05) is 19.0 Å². The molecule has 1 saturated carbocycles. The van der Waals surface area contributed by atoms with E-state index in [2.05, 4.69) is 5.32 Å². The first-order valence-corrected chi connectivity index (χ1v) is 6.13. The van der Waals surface area contributed by atoms with Gasteiger partial charge in [0.15, 0.2) is 0 Å². The smallest absolute Gasteiger partial charge is 0.337 e. The Labute approximate surface area is 102 Å². The maximum absolute atomic E-state index is 11.4. The van der Waals surface area contributed by atoms with E-state index in [1.165, 1.54) is 26.4 Å². The summed E-state index contributed by atoms with van der Waals surface area (Å²) in [7, 11) is 1.40. The van der Waals surface area contributed by atoms with Crippen LogP contribution in [-0.4, -0.2) is 19.6 Å². The molecule has 1 aliphatic carbocycles. The lowest BCUT2D eigenvalue weighted by Crippen LogP contribution is -2.21. The van der Waals surface area contributed by atoms with Gasteiger partial charge in [-0.15, -0.1) is 0 Å². The molecule has 17 heavy (non-hydrogen) atoms. The molecular formula is C14H19NO2. The van der Waals surface area contributed by atoms with Gasteiger partial charge in [0.05, 0.1) is 12.7 Å². The molecule has 92 valence electrons. The highest BCUT2D eigenvalue weighted by Crippen LogP contribution is 2.27. The van der Waals surface area contributed by atoms with Crippen molar-refractivity contribution < 1.29 is 9.53 Å². The van der Waals surface area contributed by atoms with Gasteiger partial charge in [-0.2, -0.15) is 0 Å². The molecule has 0 amide bonds. The molecule has 0 radical (unpaired) electrons. The summed E-state index contributed by atoms with van der Waals surface area (Å²) in [5.41, 5.74) is 2.82. The minimum absolute atomic E-state index is 0.279. The maximum atomic E-state index is 11.4. The van der Waals surface area contributed by atoms with Gasteiger partial charge in [0.1, 0.15) is 0 Å². The van der Waals surface area contributed by atoms with Gasteiger partial charge in [0.2, 0.25) is 0 Å². The number of aryl methyl sites for hydroxylation is 1. The molecule has 0 heterocycles. The topological polar surface area (TPSA) is 38.3 Å². The second-order valence-electron chi connectivity index (χ2n) is 4.70. The molecule has 0 saturated heterocycles. The molecule has 1 aromatic rings. The number of anilines is 1. The lowest BCUT2D eigenvalue weighted by molar-refractivity contribution is 0.0600. The molecule has 0 aliphatic heterocycles. The van der Waals surface area contributed by atoms with E-state index < -0.39 is 0 Å². The maximum Gasteiger partial charge on any atom is 0.337 e. The number of nitrogens with one attached hydrogen (secondary N) is 1. The standard InChI is InChI=1S/C14H19NO2/c1-10-8-12(14(16)17-2)6-7-13(10)15-9-11-4-3-5-11/h6-8,11,15H,3-5,9H2,1-2H3. The zero-order valence-electron chi connectivity index (χ0n) is 10.5. The lowest BCUT2D eigenvalue weighted by Gasteiger charge is -2.26. The zero-order valence-corrected chi connectivity index (χ0v) is 10.5. The molecule has 1 aromatic carbocycles. The summed E-state index contributed by atoms with van der Waals surface area (Å²) in [6.07, 6.45) is 4.05. The van der Waals surface area contributed by atoms with E-state index in [9.17, 15) is 4.79 Å². The average Bonchev–Trinajstić information content (AvgIpc) is 2.28. The summed E-state index contributed by atoms with van der Waals surface area (Å²) >= 11 is 0. The molecule has 1 aliphatic rings. The molecule has 0 aromatic heterocycles.